The molecular weight excluding hydrogens is 295 g/mol. The monoisotopic (exact) mass is 293 g/mol. The first kappa shape index (κ1) is 12.1. The van der Waals surface area contributed by atoms with E-state index in [0.29, 0.717) is 4.68 Å². The fraction of sp³-hybridized carbons (Fsp3) is 0.500. The number of nitrogens with zero attached hydrogens (tertiary/aromatic N) is 5. The maximum absolute atomic E-state index is 8.56. The van der Waals surface area contributed by atoms with Gasteiger partial charge in [0.25, 0.3) is 0 Å². The number of halogens is 5. The molecule has 0 saturated heterocycles. The summed E-state index contributed by atoms with van der Waals surface area (Å²) in [6.07, 6.45) is 1.59. The average molecular weight is 295 g/mol. The van der Waals surface area contributed by atoms with Gasteiger partial charge in [-0.1, -0.05) is 58.0 Å². The van der Waals surface area contributed by atoms with Crippen molar-refractivity contribution in [3.63, 3.8) is 0 Å². The zero-order chi connectivity index (χ0) is 11.0. The van der Waals surface area contributed by atoms with Crippen LogP contribution in [0.25, 0.3) is 0 Å². The van der Waals surface area contributed by atoms with Crippen LogP contribution >= 0.6 is 58.0 Å². The van der Waals surface area contributed by atoms with Crippen molar-refractivity contribution in [1.29, 1.82) is 5.26 Å². The molecule has 1 aromatic rings. The van der Waals surface area contributed by atoms with Crippen LogP contribution < -0.4 is 0 Å². The van der Waals surface area contributed by atoms with Crippen molar-refractivity contribution in [2.24, 2.45) is 0 Å². The first-order valence-electron chi connectivity index (χ1n) is 2.94. The second kappa shape index (κ2) is 3.87. The number of rotatable bonds is 1. The van der Waals surface area contributed by atoms with Crippen molar-refractivity contribution in [3.8, 4) is 6.19 Å². The van der Waals surface area contributed by atoms with Crippen LogP contribution in [0.15, 0.2) is 0 Å². The van der Waals surface area contributed by atoms with Gasteiger partial charge in [0, 0.05) is 0 Å². The third-order valence-electron chi connectivity index (χ3n) is 1.20. The predicted molar refractivity (Wildman–Crippen MR) is 52.5 cm³/mol. The molecule has 1 rings (SSSR count). The Bertz CT molecular complexity index is 372. The second-order valence-corrected chi connectivity index (χ2v) is 5.70. The maximum Gasteiger partial charge on any atom is 0.230 e. The lowest BCUT2D eigenvalue weighted by molar-refractivity contribution is 0.724. The van der Waals surface area contributed by atoms with Crippen LogP contribution in [-0.2, 0) is 4.33 Å². The predicted octanol–water partition coefficient (Wildman–Crippen LogP) is 2.00. The smallest absolute Gasteiger partial charge is 0.170 e. The summed E-state index contributed by atoms with van der Waals surface area (Å²) in [5.41, 5.74) is 0. The van der Waals surface area contributed by atoms with Gasteiger partial charge in [-0.3, -0.25) is 0 Å². The van der Waals surface area contributed by atoms with Gasteiger partial charge in [0.15, 0.2) is 0 Å². The van der Waals surface area contributed by atoms with Crippen LogP contribution in [0.2, 0.25) is 0 Å². The molecule has 0 aliphatic heterocycles. The molecule has 76 valence electrons. The van der Waals surface area contributed by atoms with E-state index in [9.17, 15) is 0 Å². The largest absolute Gasteiger partial charge is 0.230 e. The van der Waals surface area contributed by atoms with Gasteiger partial charge in [-0.15, -0.1) is 9.78 Å². The zero-order valence-corrected chi connectivity index (χ0v) is 9.91. The highest BCUT2D eigenvalue weighted by atomic mass is 35.6. The lowest BCUT2D eigenvalue weighted by Gasteiger charge is -2.24. The van der Waals surface area contributed by atoms with E-state index >= 15 is 0 Å². The van der Waals surface area contributed by atoms with Crippen LogP contribution in [0.1, 0.15) is 5.82 Å². The summed E-state index contributed by atoms with van der Waals surface area (Å²) >= 11 is 27.9. The number of aromatic nitrogens is 4. The molecule has 1 heterocycles. The molecule has 0 saturated carbocycles. The Morgan fingerprint density at radius 2 is 1.79 bits per heavy atom. The first-order chi connectivity index (χ1) is 6.30. The van der Waals surface area contributed by atoms with Gasteiger partial charge >= 0.3 is 0 Å². The van der Waals surface area contributed by atoms with Gasteiger partial charge < -0.3 is 0 Å². The topological polar surface area (TPSA) is 67.4 Å². The summed E-state index contributed by atoms with van der Waals surface area (Å²) in [7, 11) is 0. The van der Waals surface area contributed by atoms with Gasteiger partial charge in [0.1, 0.15) is 0 Å². The third-order valence-corrected chi connectivity index (χ3v) is 3.54. The maximum atomic E-state index is 8.56. The van der Waals surface area contributed by atoms with Gasteiger partial charge in [0.05, 0.1) is 0 Å². The molecule has 0 atom stereocenters. The average Bonchev–Trinajstić information content (AvgIpc) is 2.49. The van der Waals surface area contributed by atoms with Crippen LogP contribution in [0, 0.1) is 11.5 Å². The zero-order valence-electron chi connectivity index (χ0n) is 6.13. The quantitative estimate of drug-likeness (QED) is 0.743. The fourth-order valence-electron chi connectivity index (χ4n) is 0.577. The van der Waals surface area contributed by atoms with Gasteiger partial charge in [-0.2, -0.15) is 5.26 Å². The highest BCUT2D eigenvalue weighted by Crippen LogP contribution is 2.51. The van der Waals surface area contributed by atoms with Crippen molar-refractivity contribution >= 4 is 58.0 Å². The van der Waals surface area contributed by atoms with Gasteiger partial charge in [0.2, 0.25) is 20.1 Å². The molecule has 1 aromatic heterocycles. The van der Waals surface area contributed by atoms with E-state index in [-0.39, 0.29) is 5.82 Å². The molecule has 0 aromatic carbocycles. The molecule has 0 spiro atoms. The molecule has 0 aliphatic rings. The minimum Gasteiger partial charge on any atom is -0.170 e. The van der Waals surface area contributed by atoms with Crippen molar-refractivity contribution in [3.05, 3.63) is 5.82 Å². The highest BCUT2D eigenvalue weighted by molar-refractivity contribution is 6.75. The summed E-state index contributed by atoms with van der Waals surface area (Å²) in [6.45, 7) is 0. The minimum absolute atomic E-state index is 0.261. The number of alkyl halides is 5. The molecule has 0 fully saturated rings. The molecule has 0 unspecified atom stereocenters. The van der Waals surface area contributed by atoms with E-state index in [2.05, 4.69) is 15.5 Å². The lowest BCUT2D eigenvalue weighted by Crippen LogP contribution is -2.31. The van der Waals surface area contributed by atoms with E-state index in [1.807, 2.05) is 0 Å². The van der Waals surface area contributed by atoms with Crippen molar-refractivity contribution < 1.29 is 0 Å². The summed E-state index contributed by atoms with van der Waals surface area (Å²) in [5.74, 6) is -0.261. The Morgan fingerprint density at radius 1 is 1.21 bits per heavy atom. The molecule has 0 amide bonds. The highest BCUT2D eigenvalue weighted by Gasteiger charge is 2.51. The van der Waals surface area contributed by atoms with E-state index in [4.69, 9.17) is 63.3 Å². The normalized spacial score (nSPS) is 12.6. The summed E-state index contributed by atoms with van der Waals surface area (Å²) in [6, 6.07) is 0. The summed E-state index contributed by atoms with van der Waals surface area (Å²) in [5, 5.41) is 18.4. The van der Waals surface area contributed by atoms with E-state index in [1.165, 1.54) is 0 Å². The molecule has 0 radical (unpaired) electrons. The van der Waals surface area contributed by atoms with Crippen LogP contribution in [-0.4, -0.2) is 24.0 Å². The first-order valence-corrected chi connectivity index (χ1v) is 4.83. The minimum atomic E-state index is -2.06. The molecular formula is C4Cl5N5. The summed E-state index contributed by atoms with van der Waals surface area (Å²) < 4.78 is -3.40. The van der Waals surface area contributed by atoms with Gasteiger partial charge in [-0.25, -0.2) is 0 Å². The Labute approximate surface area is 103 Å². The van der Waals surface area contributed by atoms with E-state index < -0.39 is 8.13 Å². The number of tetrazole rings is 1. The van der Waals surface area contributed by atoms with Crippen LogP contribution in [0.3, 0.4) is 0 Å². The molecule has 0 aliphatic carbocycles. The van der Waals surface area contributed by atoms with Crippen LogP contribution in [0.4, 0.5) is 0 Å². The number of hydrogen-bond acceptors (Lipinski definition) is 4. The fourth-order valence-corrected chi connectivity index (χ4v) is 1.07. The molecule has 10 heteroatoms. The van der Waals surface area contributed by atoms with E-state index in [0.717, 1.165) is 0 Å². The van der Waals surface area contributed by atoms with Crippen LogP contribution in [0.5, 0.6) is 0 Å². The Morgan fingerprint density at radius 3 is 2.21 bits per heavy atom. The Kier molecular flexibility index (Phi) is 3.34. The Balaban J connectivity index is 3.24. The number of hydrogen-bond donors (Lipinski definition) is 0. The number of nitriles is 1. The van der Waals surface area contributed by atoms with E-state index in [1.54, 1.807) is 6.19 Å². The third kappa shape index (κ3) is 2.00. The molecule has 0 bridgehead atoms. The van der Waals surface area contributed by atoms with Crippen molar-refractivity contribution in [1.82, 2.24) is 20.2 Å². The Hall–Kier alpha value is 0.0100. The standard InChI is InChI=1S/C4Cl5N5/c5-3(6,4(7,8)9)2-11-12-13-14(2)1-10. The molecule has 14 heavy (non-hydrogen) atoms. The molecule has 0 N–H and O–H groups in total. The lowest BCUT2D eigenvalue weighted by atomic mass is 10.4. The second-order valence-electron chi connectivity index (χ2n) is 2.09. The van der Waals surface area contributed by atoms with Crippen molar-refractivity contribution in [2.75, 3.05) is 0 Å². The van der Waals surface area contributed by atoms with Crippen molar-refractivity contribution in [2.45, 2.75) is 8.13 Å². The molecule has 5 nitrogen and oxygen atoms in total. The summed E-state index contributed by atoms with van der Waals surface area (Å²) in [4.78, 5) is 0. The van der Waals surface area contributed by atoms with Gasteiger partial charge in [-0.05, 0) is 10.4 Å². The SMILES string of the molecule is N#Cn1nnnc1C(Cl)(Cl)C(Cl)(Cl)Cl.